The third-order valence-corrected chi connectivity index (χ3v) is 4.79. The summed E-state index contributed by atoms with van der Waals surface area (Å²) in [6.07, 6.45) is 6.85. The van der Waals surface area contributed by atoms with Gasteiger partial charge in [0, 0.05) is 29.4 Å². The molecule has 25 heavy (non-hydrogen) atoms. The number of hydrogen-bond acceptors (Lipinski definition) is 4. The molecular weight excluding hydrogens is 318 g/mol. The van der Waals surface area contributed by atoms with Gasteiger partial charge in [-0.15, -0.1) is 0 Å². The fourth-order valence-electron chi connectivity index (χ4n) is 3.48. The van der Waals surface area contributed by atoms with Gasteiger partial charge in [0.25, 0.3) is 11.6 Å². The van der Waals surface area contributed by atoms with Crippen LogP contribution in [0.2, 0.25) is 0 Å². The van der Waals surface area contributed by atoms with Gasteiger partial charge in [0.15, 0.2) is 0 Å². The molecule has 0 atom stereocenters. The SMILES string of the molecule is Cc1c(C(=O)N(c2ccccn2)C2CCCCC2)cccc1[N+](=O)[O-]. The van der Waals surface area contributed by atoms with Gasteiger partial charge >= 0.3 is 0 Å². The van der Waals surface area contributed by atoms with Crippen LogP contribution in [0.4, 0.5) is 11.5 Å². The molecule has 1 aromatic carbocycles. The fourth-order valence-corrected chi connectivity index (χ4v) is 3.48. The standard InChI is InChI=1S/C19H21N3O3/c1-14-16(10-7-11-17(14)22(24)25)19(23)21(15-8-3-2-4-9-15)18-12-5-6-13-20-18/h5-7,10-13,15H,2-4,8-9H2,1H3. The predicted octanol–water partition coefficient (Wildman–Crippen LogP) is 4.28. The number of aromatic nitrogens is 1. The molecular formula is C19H21N3O3. The van der Waals surface area contributed by atoms with Crippen LogP contribution in [0.25, 0.3) is 0 Å². The molecule has 1 heterocycles. The molecule has 0 unspecified atom stereocenters. The van der Waals surface area contributed by atoms with Crippen molar-refractivity contribution in [2.24, 2.45) is 0 Å². The Hall–Kier alpha value is -2.76. The zero-order valence-electron chi connectivity index (χ0n) is 14.2. The molecule has 0 N–H and O–H groups in total. The summed E-state index contributed by atoms with van der Waals surface area (Å²) in [7, 11) is 0. The first kappa shape index (κ1) is 17.1. The largest absolute Gasteiger partial charge is 0.290 e. The Balaban J connectivity index is 2.03. The van der Waals surface area contributed by atoms with Crippen LogP contribution >= 0.6 is 0 Å². The molecule has 0 saturated heterocycles. The molecule has 1 amide bonds. The summed E-state index contributed by atoms with van der Waals surface area (Å²) in [5, 5.41) is 11.2. The van der Waals surface area contributed by atoms with E-state index in [1.54, 1.807) is 30.2 Å². The molecule has 1 aromatic heterocycles. The Labute approximate surface area is 146 Å². The zero-order chi connectivity index (χ0) is 17.8. The van der Waals surface area contributed by atoms with Crippen molar-refractivity contribution in [2.45, 2.75) is 45.1 Å². The van der Waals surface area contributed by atoms with Crippen molar-refractivity contribution in [2.75, 3.05) is 4.90 Å². The van der Waals surface area contributed by atoms with Gasteiger partial charge in [-0.2, -0.15) is 0 Å². The van der Waals surface area contributed by atoms with E-state index in [0.29, 0.717) is 16.9 Å². The van der Waals surface area contributed by atoms with Crippen LogP contribution in [-0.4, -0.2) is 21.9 Å². The van der Waals surface area contributed by atoms with E-state index in [2.05, 4.69) is 4.98 Å². The number of benzene rings is 1. The van der Waals surface area contributed by atoms with Crippen LogP contribution < -0.4 is 4.90 Å². The molecule has 0 radical (unpaired) electrons. The number of rotatable bonds is 4. The Bertz CT molecular complexity index is 771. The van der Waals surface area contributed by atoms with Gasteiger partial charge in [0.2, 0.25) is 0 Å². The molecule has 0 spiro atoms. The summed E-state index contributed by atoms with van der Waals surface area (Å²) in [5.41, 5.74) is 0.732. The van der Waals surface area contributed by atoms with Crippen LogP contribution in [0.5, 0.6) is 0 Å². The smallest absolute Gasteiger partial charge is 0.273 e. The van der Waals surface area contributed by atoms with Gasteiger partial charge in [-0.1, -0.05) is 31.4 Å². The summed E-state index contributed by atoms with van der Waals surface area (Å²) in [6, 6.07) is 10.2. The van der Waals surface area contributed by atoms with Crippen molar-refractivity contribution < 1.29 is 9.72 Å². The topological polar surface area (TPSA) is 76.3 Å². The second-order valence-electron chi connectivity index (χ2n) is 6.36. The lowest BCUT2D eigenvalue weighted by Crippen LogP contribution is -2.42. The quantitative estimate of drug-likeness (QED) is 0.615. The van der Waals surface area contributed by atoms with E-state index in [1.807, 2.05) is 18.2 Å². The third-order valence-electron chi connectivity index (χ3n) is 4.79. The first-order valence-electron chi connectivity index (χ1n) is 8.58. The minimum absolute atomic E-state index is 0.0320. The van der Waals surface area contributed by atoms with E-state index in [9.17, 15) is 14.9 Å². The minimum Gasteiger partial charge on any atom is -0.290 e. The monoisotopic (exact) mass is 339 g/mol. The van der Waals surface area contributed by atoms with Gasteiger partial charge < -0.3 is 0 Å². The third kappa shape index (κ3) is 3.52. The highest BCUT2D eigenvalue weighted by Gasteiger charge is 2.30. The van der Waals surface area contributed by atoms with E-state index >= 15 is 0 Å². The van der Waals surface area contributed by atoms with Crippen LogP contribution in [0, 0.1) is 17.0 Å². The number of carbonyl (C=O) groups is 1. The number of nitro groups is 1. The average molecular weight is 339 g/mol. The molecule has 3 rings (SSSR count). The van der Waals surface area contributed by atoms with Crippen molar-refractivity contribution in [1.82, 2.24) is 4.98 Å². The molecule has 1 fully saturated rings. The summed E-state index contributed by atoms with van der Waals surface area (Å²) in [4.78, 5) is 30.2. The van der Waals surface area contributed by atoms with Crippen molar-refractivity contribution in [3.63, 3.8) is 0 Å². The molecule has 6 heteroatoms. The Morgan fingerprint density at radius 2 is 1.92 bits per heavy atom. The number of nitro benzene ring substituents is 1. The second kappa shape index (κ2) is 7.42. The number of anilines is 1. The summed E-state index contributed by atoms with van der Waals surface area (Å²) < 4.78 is 0. The molecule has 1 aliphatic carbocycles. The van der Waals surface area contributed by atoms with Gasteiger partial charge in [-0.3, -0.25) is 19.8 Å². The number of carbonyl (C=O) groups excluding carboxylic acids is 1. The van der Waals surface area contributed by atoms with E-state index in [1.165, 1.54) is 12.5 Å². The van der Waals surface area contributed by atoms with Crippen molar-refractivity contribution in [3.8, 4) is 0 Å². The molecule has 0 bridgehead atoms. The zero-order valence-corrected chi connectivity index (χ0v) is 14.2. The second-order valence-corrected chi connectivity index (χ2v) is 6.36. The fraction of sp³-hybridized carbons (Fsp3) is 0.368. The summed E-state index contributed by atoms with van der Waals surface area (Å²) in [6.45, 7) is 1.63. The number of nitrogens with zero attached hydrogens (tertiary/aromatic N) is 3. The van der Waals surface area contributed by atoms with Crippen LogP contribution in [0.1, 0.15) is 48.0 Å². The molecule has 6 nitrogen and oxygen atoms in total. The molecule has 1 saturated carbocycles. The van der Waals surface area contributed by atoms with Crippen LogP contribution in [0.15, 0.2) is 42.6 Å². The number of amides is 1. The van der Waals surface area contributed by atoms with Gasteiger partial charge in [0.1, 0.15) is 5.82 Å². The van der Waals surface area contributed by atoms with Gasteiger partial charge in [-0.05, 0) is 38.0 Å². The summed E-state index contributed by atoms with van der Waals surface area (Å²) in [5.74, 6) is 0.386. The van der Waals surface area contributed by atoms with Gasteiger partial charge in [-0.25, -0.2) is 4.98 Å². The lowest BCUT2D eigenvalue weighted by molar-refractivity contribution is -0.385. The first-order chi connectivity index (χ1) is 12.1. The Kier molecular flexibility index (Phi) is 5.07. The summed E-state index contributed by atoms with van der Waals surface area (Å²) >= 11 is 0. The van der Waals surface area contributed by atoms with Crippen molar-refractivity contribution in [1.29, 1.82) is 0 Å². The maximum absolute atomic E-state index is 13.3. The number of pyridine rings is 1. The lowest BCUT2D eigenvalue weighted by atomic mass is 9.93. The highest BCUT2D eigenvalue weighted by Crippen LogP contribution is 2.30. The molecule has 130 valence electrons. The average Bonchev–Trinajstić information content (AvgIpc) is 2.63. The molecule has 2 aromatic rings. The maximum atomic E-state index is 13.3. The normalized spacial score (nSPS) is 14.9. The highest BCUT2D eigenvalue weighted by atomic mass is 16.6. The van der Waals surface area contributed by atoms with Crippen molar-refractivity contribution in [3.05, 3.63) is 63.8 Å². The first-order valence-corrected chi connectivity index (χ1v) is 8.58. The Morgan fingerprint density at radius 3 is 2.56 bits per heavy atom. The highest BCUT2D eigenvalue weighted by molar-refractivity contribution is 6.07. The Morgan fingerprint density at radius 1 is 1.16 bits per heavy atom. The van der Waals surface area contributed by atoms with E-state index < -0.39 is 4.92 Å². The lowest BCUT2D eigenvalue weighted by Gasteiger charge is -2.34. The molecule has 0 aliphatic heterocycles. The predicted molar refractivity (Wildman–Crippen MR) is 95.8 cm³/mol. The van der Waals surface area contributed by atoms with E-state index in [4.69, 9.17) is 0 Å². The van der Waals surface area contributed by atoms with E-state index in [0.717, 1.165) is 25.7 Å². The van der Waals surface area contributed by atoms with Gasteiger partial charge in [0.05, 0.1) is 4.92 Å². The van der Waals surface area contributed by atoms with E-state index in [-0.39, 0.29) is 17.6 Å². The maximum Gasteiger partial charge on any atom is 0.273 e. The van der Waals surface area contributed by atoms with Crippen molar-refractivity contribution >= 4 is 17.4 Å². The van der Waals surface area contributed by atoms with Crippen LogP contribution in [0.3, 0.4) is 0 Å². The van der Waals surface area contributed by atoms with Crippen LogP contribution in [-0.2, 0) is 0 Å². The minimum atomic E-state index is -0.447. The molecule has 1 aliphatic rings. The number of hydrogen-bond donors (Lipinski definition) is 0.